The van der Waals surface area contributed by atoms with E-state index < -0.39 is 0 Å². The van der Waals surface area contributed by atoms with Gasteiger partial charge in [-0.25, -0.2) is 0 Å². The summed E-state index contributed by atoms with van der Waals surface area (Å²) in [5.74, 6) is 0.600. The van der Waals surface area contributed by atoms with E-state index in [4.69, 9.17) is 9.84 Å². The first-order valence-corrected chi connectivity index (χ1v) is 13.9. The first-order valence-electron chi connectivity index (χ1n) is 13.9. The van der Waals surface area contributed by atoms with E-state index >= 15 is 0 Å². The summed E-state index contributed by atoms with van der Waals surface area (Å²) >= 11 is 0. The van der Waals surface area contributed by atoms with Gasteiger partial charge < -0.3 is 24.8 Å². The Morgan fingerprint density at radius 1 is 0.892 bits per heavy atom. The maximum absolute atomic E-state index is 13.3. The number of fused-ring (bicyclic) bond motifs is 1. The minimum Gasteiger partial charge on any atom is -0.489 e. The average Bonchev–Trinajstić information content (AvgIpc) is 2.89. The average molecular weight is 512 g/mol. The minimum absolute atomic E-state index is 0.0605. The number of benzene rings is 1. The van der Waals surface area contributed by atoms with Crippen LogP contribution in [0.5, 0.6) is 5.75 Å². The highest BCUT2D eigenvalue weighted by Gasteiger charge is 2.37. The monoisotopic (exact) mass is 511 g/mol. The number of aliphatic hydroxyl groups excluding tert-OH is 2. The standard InChI is InChI=1S/C30H45N3O4/c1-29(2)10-11-30(3,4)24-20-22(8-9-23(24)29)27-26(37-19-18-35)21-25(28(36)31-27)33-15-13-32(14-16-33)12-6-5-7-17-34/h8-9,20-21,34-35H,5-7,10-19H2,1-4H3,(H,31,36). The number of aliphatic hydroxyl groups is 2. The molecule has 1 aliphatic heterocycles. The van der Waals surface area contributed by atoms with Crippen molar-refractivity contribution in [2.75, 3.05) is 57.4 Å². The zero-order valence-corrected chi connectivity index (χ0v) is 23.1. The highest BCUT2D eigenvalue weighted by Crippen LogP contribution is 2.47. The van der Waals surface area contributed by atoms with E-state index in [2.05, 4.69) is 60.7 Å². The summed E-state index contributed by atoms with van der Waals surface area (Å²) < 4.78 is 5.98. The number of nitrogens with zero attached hydrogens (tertiary/aromatic N) is 2. The maximum atomic E-state index is 13.3. The number of anilines is 1. The molecule has 0 bridgehead atoms. The summed E-state index contributed by atoms with van der Waals surface area (Å²) in [5.41, 5.74) is 5.01. The van der Waals surface area contributed by atoms with E-state index in [1.54, 1.807) is 0 Å². The first-order chi connectivity index (χ1) is 17.7. The van der Waals surface area contributed by atoms with Crippen molar-refractivity contribution in [1.29, 1.82) is 0 Å². The highest BCUT2D eigenvalue weighted by atomic mass is 16.5. The van der Waals surface area contributed by atoms with Crippen LogP contribution in [0, 0.1) is 0 Å². The molecule has 0 unspecified atom stereocenters. The van der Waals surface area contributed by atoms with Crippen LogP contribution in [0.2, 0.25) is 0 Å². The smallest absolute Gasteiger partial charge is 0.272 e. The SMILES string of the molecule is CC1(C)CCC(C)(C)c2cc(-c3[nH]c(=O)c(N4CCN(CCCCCO)CC4)cc3OCCO)ccc21. The van der Waals surface area contributed by atoms with Crippen LogP contribution in [0.1, 0.15) is 70.9 Å². The Morgan fingerprint density at radius 3 is 2.27 bits per heavy atom. The molecule has 0 atom stereocenters. The Labute approximate surface area is 221 Å². The molecule has 7 heteroatoms. The predicted molar refractivity (Wildman–Crippen MR) is 150 cm³/mol. The Bertz CT molecular complexity index is 1120. The molecule has 2 heterocycles. The zero-order chi connectivity index (χ0) is 26.6. The quantitative estimate of drug-likeness (QED) is 0.417. The van der Waals surface area contributed by atoms with E-state index in [0.29, 0.717) is 17.1 Å². The molecule has 0 saturated carbocycles. The van der Waals surface area contributed by atoms with Gasteiger partial charge in [-0.2, -0.15) is 0 Å². The van der Waals surface area contributed by atoms with Crippen LogP contribution in [-0.2, 0) is 10.8 Å². The number of ether oxygens (including phenoxy) is 1. The Kier molecular flexibility index (Phi) is 8.66. The number of unbranched alkanes of at least 4 members (excludes halogenated alkanes) is 2. The molecule has 2 aliphatic rings. The lowest BCUT2D eigenvalue weighted by molar-refractivity contribution is 0.201. The predicted octanol–water partition coefficient (Wildman–Crippen LogP) is 4.05. The van der Waals surface area contributed by atoms with Gasteiger partial charge in [-0.15, -0.1) is 0 Å². The van der Waals surface area contributed by atoms with Crippen molar-refractivity contribution in [3.8, 4) is 17.0 Å². The maximum Gasteiger partial charge on any atom is 0.272 e. The number of hydrogen-bond donors (Lipinski definition) is 3. The lowest BCUT2D eigenvalue weighted by Crippen LogP contribution is -2.48. The first kappa shape index (κ1) is 27.7. The number of aromatic nitrogens is 1. The molecule has 1 fully saturated rings. The van der Waals surface area contributed by atoms with Crippen LogP contribution in [-0.4, -0.2) is 72.6 Å². The van der Waals surface area contributed by atoms with Crippen LogP contribution in [0.25, 0.3) is 11.3 Å². The molecule has 3 N–H and O–H groups in total. The summed E-state index contributed by atoms with van der Waals surface area (Å²) in [5, 5.41) is 18.4. The fourth-order valence-electron chi connectivity index (χ4n) is 5.80. The van der Waals surface area contributed by atoms with E-state index in [9.17, 15) is 9.90 Å². The molecule has 4 rings (SSSR count). The molecule has 1 aromatic heterocycles. The molecule has 204 valence electrons. The van der Waals surface area contributed by atoms with E-state index in [1.165, 1.54) is 11.1 Å². The van der Waals surface area contributed by atoms with E-state index in [-0.39, 0.29) is 36.2 Å². The largest absolute Gasteiger partial charge is 0.489 e. The lowest BCUT2D eigenvalue weighted by atomic mass is 9.63. The van der Waals surface area contributed by atoms with Gasteiger partial charge in [-0.05, 0) is 66.7 Å². The lowest BCUT2D eigenvalue weighted by Gasteiger charge is -2.42. The molecule has 1 aromatic carbocycles. The van der Waals surface area contributed by atoms with Crippen molar-refractivity contribution in [3.63, 3.8) is 0 Å². The summed E-state index contributed by atoms with van der Waals surface area (Å²) in [6.07, 6.45) is 5.26. The van der Waals surface area contributed by atoms with Crippen molar-refractivity contribution in [2.45, 2.75) is 70.6 Å². The molecule has 7 nitrogen and oxygen atoms in total. The Hall–Kier alpha value is -2.35. The number of hydrogen-bond acceptors (Lipinski definition) is 6. The molecular formula is C30H45N3O4. The van der Waals surface area contributed by atoms with Gasteiger partial charge in [-0.3, -0.25) is 9.69 Å². The summed E-state index contributed by atoms with van der Waals surface area (Å²) in [7, 11) is 0. The topological polar surface area (TPSA) is 89.0 Å². The minimum atomic E-state index is -0.111. The van der Waals surface area contributed by atoms with Gasteiger partial charge in [-0.1, -0.05) is 39.8 Å². The number of H-pyrrole nitrogens is 1. The molecule has 0 spiro atoms. The third-order valence-electron chi connectivity index (χ3n) is 8.32. The highest BCUT2D eigenvalue weighted by molar-refractivity contribution is 5.71. The fraction of sp³-hybridized carbons (Fsp3) is 0.633. The molecule has 2 aromatic rings. The van der Waals surface area contributed by atoms with Crippen molar-refractivity contribution in [1.82, 2.24) is 9.88 Å². The Morgan fingerprint density at radius 2 is 1.59 bits per heavy atom. The van der Waals surface area contributed by atoms with Crippen molar-refractivity contribution in [2.24, 2.45) is 0 Å². The number of nitrogens with one attached hydrogen (secondary N) is 1. The van der Waals surface area contributed by atoms with Crippen LogP contribution in [0.15, 0.2) is 29.1 Å². The second-order valence-corrected chi connectivity index (χ2v) is 11.9. The zero-order valence-electron chi connectivity index (χ0n) is 23.1. The second-order valence-electron chi connectivity index (χ2n) is 11.9. The van der Waals surface area contributed by atoms with Gasteiger partial charge in [0.25, 0.3) is 5.56 Å². The van der Waals surface area contributed by atoms with Gasteiger partial charge in [0.05, 0.1) is 12.3 Å². The van der Waals surface area contributed by atoms with Crippen LogP contribution < -0.4 is 15.2 Å². The van der Waals surface area contributed by atoms with Gasteiger partial charge >= 0.3 is 0 Å². The molecule has 0 amide bonds. The summed E-state index contributed by atoms with van der Waals surface area (Å²) in [4.78, 5) is 21.0. The molecule has 0 radical (unpaired) electrons. The normalized spacial score (nSPS) is 19.0. The van der Waals surface area contributed by atoms with Crippen LogP contribution in [0.4, 0.5) is 5.69 Å². The van der Waals surface area contributed by atoms with Gasteiger partial charge in [0.1, 0.15) is 18.0 Å². The molecular weight excluding hydrogens is 466 g/mol. The van der Waals surface area contributed by atoms with Gasteiger partial charge in [0, 0.05) is 44.4 Å². The molecule has 1 aliphatic carbocycles. The van der Waals surface area contributed by atoms with E-state index in [1.807, 2.05) is 6.07 Å². The van der Waals surface area contributed by atoms with Gasteiger partial charge in [0.15, 0.2) is 0 Å². The number of aromatic amines is 1. The van der Waals surface area contributed by atoms with Crippen molar-refractivity contribution in [3.05, 3.63) is 45.7 Å². The number of pyridine rings is 1. The molecule has 1 saturated heterocycles. The third-order valence-corrected chi connectivity index (χ3v) is 8.32. The van der Waals surface area contributed by atoms with Crippen molar-refractivity contribution < 1.29 is 14.9 Å². The molecule has 37 heavy (non-hydrogen) atoms. The third kappa shape index (κ3) is 6.21. The number of rotatable bonds is 10. The Balaban J connectivity index is 1.60. The summed E-state index contributed by atoms with van der Waals surface area (Å²) in [6, 6.07) is 8.39. The second kappa shape index (κ2) is 11.6. The van der Waals surface area contributed by atoms with Crippen LogP contribution in [0.3, 0.4) is 0 Å². The number of piperazine rings is 1. The van der Waals surface area contributed by atoms with E-state index in [0.717, 1.165) is 70.4 Å². The van der Waals surface area contributed by atoms with Gasteiger partial charge in [0.2, 0.25) is 0 Å². The summed E-state index contributed by atoms with van der Waals surface area (Å²) in [6.45, 7) is 14.0. The fourth-order valence-corrected chi connectivity index (χ4v) is 5.80. The van der Waals surface area contributed by atoms with Crippen molar-refractivity contribution >= 4 is 5.69 Å². The van der Waals surface area contributed by atoms with Crippen LogP contribution >= 0.6 is 0 Å².